The number of aromatic nitrogens is 3. The molecule has 1 aromatic heterocycles. The highest BCUT2D eigenvalue weighted by atomic mass is 32.2. The molecule has 1 spiro atoms. The summed E-state index contributed by atoms with van der Waals surface area (Å²) in [6.07, 6.45) is 1.76. The third-order valence-electron chi connectivity index (χ3n) is 7.45. The first-order chi connectivity index (χ1) is 16.4. The summed E-state index contributed by atoms with van der Waals surface area (Å²) in [7, 11) is 0. The number of thioether (sulfide) groups is 1. The topological polar surface area (TPSA) is 127 Å². The van der Waals surface area contributed by atoms with Gasteiger partial charge in [0.2, 0.25) is 11.8 Å². The quantitative estimate of drug-likeness (QED) is 0.527. The van der Waals surface area contributed by atoms with Gasteiger partial charge in [0, 0.05) is 17.9 Å². The number of amides is 2. The summed E-state index contributed by atoms with van der Waals surface area (Å²) in [6.45, 7) is 4.28. The van der Waals surface area contributed by atoms with Crippen LogP contribution in [0.5, 0.6) is 0 Å². The SMILES string of the molecule is CCOC(=O)[C@H]1[C@H]2C(=O)N(CCCO)C(C(=O)NCn3nnc4ccccc43)C23CC[C@]1(C)S3. The van der Waals surface area contributed by atoms with E-state index in [9.17, 15) is 19.5 Å². The third kappa shape index (κ3) is 3.31. The number of carbonyl (C=O) groups is 3. The third-order valence-corrected chi connectivity index (χ3v) is 9.43. The smallest absolute Gasteiger partial charge is 0.311 e. The maximum atomic E-state index is 13.7. The predicted octanol–water partition coefficient (Wildman–Crippen LogP) is 0.932. The van der Waals surface area contributed by atoms with Gasteiger partial charge in [-0.2, -0.15) is 0 Å². The minimum atomic E-state index is -0.738. The molecule has 2 unspecified atom stereocenters. The van der Waals surface area contributed by atoms with Crippen LogP contribution in [0.4, 0.5) is 0 Å². The molecule has 11 heteroatoms. The molecule has 182 valence electrons. The Morgan fingerprint density at radius 2 is 2.12 bits per heavy atom. The summed E-state index contributed by atoms with van der Waals surface area (Å²) in [5.74, 6) is -2.05. The monoisotopic (exact) mass is 487 g/mol. The van der Waals surface area contributed by atoms with E-state index in [0.29, 0.717) is 12.8 Å². The van der Waals surface area contributed by atoms with Crippen LogP contribution in [0.25, 0.3) is 11.0 Å². The number of ether oxygens (including phenoxy) is 1. The Morgan fingerprint density at radius 1 is 1.32 bits per heavy atom. The summed E-state index contributed by atoms with van der Waals surface area (Å²) in [6, 6.07) is 6.74. The van der Waals surface area contributed by atoms with Crippen molar-refractivity contribution in [1.82, 2.24) is 25.2 Å². The predicted molar refractivity (Wildman–Crippen MR) is 124 cm³/mol. The lowest BCUT2D eigenvalue weighted by Crippen LogP contribution is -2.54. The van der Waals surface area contributed by atoms with Gasteiger partial charge in [-0.25, -0.2) is 4.68 Å². The van der Waals surface area contributed by atoms with Crippen LogP contribution in [0.15, 0.2) is 24.3 Å². The number of likely N-dealkylation sites (tertiary alicyclic amines) is 1. The summed E-state index contributed by atoms with van der Waals surface area (Å²) < 4.78 is 5.83. The highest BCUT2D eigenvalue weighted by Crippen LogP contribution is 2.71. The Balaban J connectivity index is 1.45. The van der Waals surface area contributed by atoms with Gasteiger partial charge < -0.3 is 20.1 Å². The van der Waals surface area contributed by atoms with Crippen LogP contribution in [0.3, 0.4) is 0 Å². The number of carbonyl (C=O) groups excluding carboxylic acids is 3. The molecule has 5 atom stereocenters. The molecule has 4 heterocycles. The van der Waals surface area contributed by atoms with Crippen LogP contribution in [0.2, 0.25) is 0 Å². The summed E-state index contributed by atoms with van der Waals surface area (Å²) in [4.78, 5) is 41.9. The average Bonchev–Trinajstić information content (AvgIpc) is 3.52. The van der Waals surface area contributed by atoms with Crippen molar-refractivity contribution in [2.75, 3.05) is 19.8 Å². The second kappa shape index (κ2) is 8.53. The number of benzene rings is 1. The second-order valence-corrected chi connectivity index (χ2v) is 11.3. The van der Waals surface area contributed by atoms with E-state index in [1.807, 2.05) is 31.2 Å². The summed E-state index contributed by atoms with van der Waals surface area (Å²) in [5.41, 5.74) is 1.52. The Kier molecular flexibility index (Phi) is 5.79. The van der Waals surface area contributed by atoms with Crippen molar-refractivity contribution < 1.29 is 24.2 Å². The summed E-state index contributed by atoms with van der Waals surface area (Å²) >= 11 is 1.60. The van der Waals surface area contributed by atoms with Crippen molar-refractivity contribution in [3.8, 4) is 0 Å². The van der Waals surface area contributed by atoms with Crippen molar-refractivity contribution in [3.05, 3.63) is 24.3 Å². The van der Waals surface area contributed by atoms with Crippen molar-refractivity contribution in [1.29, 1.82) is 0 Å². The van der Waals surface area contributed by atoms with Gasteiger partial charge >= 0.3 is 5.97 Å². The average molecular weight is 488 g/mol. The Morgan fingerprint density at radius 3 is 2.88 bits per heavy atom. The lowest BCUT2D eigenvalue weighted by atomic mass is 9.66. The molecular weight excluding hydrogens is 458 g/mol. The molecule has 2 aromatic rings. The lowest BCUT2D eigenvalue weighted by molar-refractivity contribution is -0.155. The van der Waals surface area contributed by atoms with Crippen LogP contribution < -0.4 is 5.32 Å². The van der Waals surface area contributed by atoms with Crippen LogP contribution >= 0.6 is 11.8 Å². The fourth-order valence-electron chi connectivity index (χ4n) is 6.08. The molecule has 3 aliphatic heterocycles. The van der Waals surface area contributed by atoms with E-state index in [4.69, 9.17) is 4.74 Å². The maximum absolute atomic E-state index is 13.7. The van der Waals surface area contributed by atoms with Crippen LogP contribution in [0, 0.1) is 11.8 Å². The zero-order chi connectivity index (χ0) is 24.1. The van der Waals surface area contributed by atoms with Crippen LogP contribution in [-0.2, 0) is 25.8 Å². The molecular formula is C23H29N5O5S. The van der Waals surface area contributed by atoms with E-state index >= 15 is 0 Å². The van der Waals surface area contributed by atoms with E-state index in [1.165, 1.54) is 0 Å². The first-order valence-electron chi connectivity index (χ1n) is 11.7. The molecule has 3 aliphatic rings. The number of aliphatic hydroxyl groups excluding tert-OH is 1. The Labute approximate surface area is 201 Å². The molecule has 34 heavy (non-hydrogen) atoms. The number of esters is 1. The van der Waals surface area contributed by atoms with Crippen molar-refractivity contribution in [2.45, 2.75) is 55.3 Å². The van der Waals surface area contributed by atoms with E-state index < -0.39 is 27.4 Å². The normalized spacial score (nSPS) is 31.8. The number of hydrogen-bond donors (Lipinski definition) is 2. The van der Waals surface area contributed by atoms with Gasteiger partial charge in [0.05, 0.1) is 28.7 Å². The van der Waals surface area contributed by atoms with Crippen LogP contribution in [-0.4, -0.2) is 78.1 Å². The number of fused-ring (bicyclic) bond motifs is 2. The number of nitrogens with zero attached hydrogens (tertiary/aromatic N) is 4. The fourth-order valence-corrected chi connectivity index (χ4v) is 8.43. The minimum Gasteiger partial charge on any atom is -0.466 e. The first-order valence-corrected chi connectivity index (χ1v) is 12.5. The van der Waals surface area contributed by atoms with Crippen molar-refractivity contribution in [3.63, 3.8) is 0 Å². The Hall–Kier alpha value is -2.66. The fraction of sp³-hybridized carbons (Fsp3) is 0.609. The van der Waals surface area contributed by atoms with Crippen LogP contribution in [0.1, 0.15) is 33.1 Å². The molecule has 3 fully saturated rings. The van der Waals surface area contributed by atoms with E-state index in [1.54, 1.807) is 28.3 Å². The molecule has 2 amide bonds. The van der Waals surface area contributed by atoms with Gasteiger partial charge in [-0.1, -0.05) is 17.3 Å². The number of rotatable bonds is 8. The molecule has 2 bridgehead atoms. The Bertz CT molecular complexity index is 1140. The summed E-state index contributed by atoms with van der Waals surface area (Å²) in [5, 5.41) is 20.6. The van der Waals surface area contributed by atoms with Gasteiger partial charge in [-0.15, -0.1) is 16.9 Å². The van der Waals surface area contributed by atoms with Crippen molar-refractivity contribution >= 4 is 40.6 Å². The number of aliphatic hydroxyl groups is 1. The largest absolute Gasteiger partial charge is 0.466 e. The first kappa shape index (κ1) is 23.1. The van der Waals surface area contributed by atoms with E-state index in [0.717, 1.165) is 17.5 Å². The molecule has 1 aromatic carbocycles. The zero-order valence-corrected chi connectivity index (χ0v) is 20.1. The highest BCUT2D eigenvalue weighted by molar-refractivity contribution is 8.02. The molecule has 2 N–H and O–H groups in total. The molecule has 0 aliphatic carbocycles. The second-order valence-electron chi connectivity index (χ2n) is 9.37. The molecule has 0 radical (unpaired) electrons. The van der Waals surface area contributed by atoms with Gasteiger partial charge in [-0.3, -0.25) is 14.4 Å². The number of hydrogen-bond acceptors (Lipinski definition) is 8. The van der Waals surface area contributed by atoms with Gasteiger partial charge in [0.15, 0.2) is 0 Å². The molecule has 0 saturated carbocycles. The number of nitrogens with one attached hydrogen (secondary N) is 1. The van der Waals surface area contributed by atoms with Gasteiger partial charge in [0.25, 0.3) is 0 Å². The maximum Gasteiger partial charge on any atom is 0.311 e. The minimum absolute atomic E-state index is 0.0904. The highest BCUT2D eigenvalue weighted by Gasteiger charge is 2.77. The van der Waals surface area contributed by atoms with Crippen molar-refractivity contribution in [2.24, 2.45) is 11.8 Å². The van der Waals surface area contributed by atoms with E-state index in [-0.39, 0.29) is 44.2 Å². The van der Waals surface area contributed by atoms with Gasteiger partial charge in [-0.05, 0) is 45.2 Å². The van der Waals surface area contributed by atoms with E-state index in [2.05, 4.69) is 15.6 Å². The standard InChI is InChI=1S/C23H29N5O5S/c1-3-33-21(32)17-16-20(31)27(11-6-12-29)18(23(16)10-9-22(17,2)34-23)19(30)24-13-28-15-8-5-4-7-14(15)25-26-28/h4-5,7-8,16-18,29H,3,6,9-13H2,1-2H3,(H,24,30)/t16-,17+,18?,22-,23?/m0/s1. The van der Waals surface area contributed by atoms with Gasteiger partial charge in [0.1, 0.15) is 18.2 Å². The number of para-hydroxylation sites is 1. The molecule has 10 nitrogen and oxygen atoms in total. The lowest BCUT2D eigenvalue weighted by Gasteiger charge is -2.34. The molecule has 5 rings (SSSR count). The zero-order valence-electron chi connectivity index (χ0n) is 19.3. The molecule has 3 saturated heterocycles.